The number of Topliss-reactive ketones (excluding diaryl/α,β-unsaturated/α-hetero) is 1. The van der Waals surface area contributed by atoms with Crippen molar-refractivity contribution in [3.05, 3.63) is 35.6 Å². The van der Waals surface area contributed by atoms with Crippen LogP contribution in [-0.2, 0) is 0 Å². The van der Waals surface area contributed by atoms with Gasteiger partial charge in [0.15, 0.2) is 5.78 Å². The zero-order valence-electron chi connectivity index (χ0n) is 6.59. The maximum atomic E-state index is 12.7. The Labute approximate surface area is 70.2 Å². The average molecular weight is 164 g/mol. The van der Waals surface area contributed by atoms with Crippen LogP contribution in [0.3, 0.4) is 0 Å². The van der Waals surface area contributed by atoms with E-state index in [1.807, 2.05) is 0 Å². The highest BCUT2D eigenvalue weighted by Crippen LogP contribution is 2.32. The number of ketones is 1. The van der Waals surface area contributed by atoms with Crippen LogP contribution in [0.15, 0.2) is 24.3 Å². The molecule has 0 aromatic heterocycles. The van der Waals surface area contributed by atoms with Gasteiger partial charge in [-0.05, 0) is 25.0 Å². The van der Waals surface area contributed by atoms with E-state index in [4.69, 9.17) is 0 Å². The third kappa shape index (κ3) is 1.37. The van der Waals surface area contributed by atoms with Crippen molar-refractivity contribution < 1.29 is 9.18 Å². The molecule has 0 radical (unpaired) electrons. The lowest BCUT2D eigenvalue weighted by atomic mass is 10.1. The minimum absolute atomic E-state index is 0.0921. The number of carbonyl (C=O) groups is 1. The summed E-state index contributed by atoms with van der Waals surface area (Å²) in [5.41, 5.74) is 0.512. The summed E-state index contributed by atoms with van der Waals surface area (Å²) < 4.78 is 12.7. The Morgan fingerprint density at radius 3 is 2.75 bits per heavy atom. The summed E-state index contributed by atoms with van der Waals surface area (Å²) in [4.78, 5) is 11.4. The molecular weight excluding hydrogens is 155 g/mol. The molecule has 2 rings (SSSR count). The molecule has 0 heterocycles. The van der Waals surface area contributed by atoms with Crippen molar-refractivity contribution in [3.8, 4) is 0 Å². The topological polar surface area (TPSA) is 17.1 Å². The predicted octanol–water partition coefficient (Wildman–Crippen LogP) is 2.42. The van der Waals surface area contributed by atoms with Gasteiger partial charge in [0.1, 0.15) is 5.82 Å². The molecule has 1 saturated carbocycles. The quantitative estimate of drug-likeness (QED) is 0.613. The third-order valence-electron chi connectivity index (χ3n) is 2.06. The van der Waals surface area contributed by atoms with Crippen LogP contribution >= 0.6 is 0 Å². The van der Waals surface area contributed by atoms with Gasteiger partial charge in [-0.3, -0.25) is 4.79 Å². The van der Waals surface area contributed by atoms with E-state index in [1.165, 1.54) is 12.1 Å². The second-order valence-electron chi connectivity index (χ2n) is 3.15. The molecule has 0 amide bonds. The van der Waals surface area contributed by atoms with Crippen LogP contribution in [0.25, 0.3) is 0 Å². The maximum absolute atomic E-state index is 12.7. The lowest BCUT2D eigenvalue weighted by Gasteiger charge is -1.97. The van der Waals surface area contributed by atoms with Crippen molar-refractivity contribution in [3.63, 3.8) is 0 Å². The maximum Gasteiger partial charge on any atom is 0.166 e. The minimum Gasteiger partial charge on any atom is -0.294 e. The molecule has 0 bridgehead atoms. The molecule has 1 aromatic rings. The summed E-state index contributed by atoms with van der Waals surface area (Å²) >= 11 is 0. The van der Waals surface area contributed by atoms with Gasteiger partial charge in [-0.1, -0.05) is 12.1 Å². The lowest BCUT2D eigenvalue weighted by Crippen LogP contribution is -2.00. The van der Waals surface area contributed by atoms with Gasteiger partial charge >= 0.3 is 0 Å². The number of benzene rings is 1. The molecule has 1 aliphatic rings. The Morgan fingerprint density at radius 1 is 1.42 bits per heavy atom. The molecule has 62 valence electrons. The molecule has 1 fully saturated rings. The van der Waals surface area contributed by atoms with E-state index in [0.717, 1.165) is 12.8 Å². The van der Waals surface area contributed by atoms with E-state index in [9.17, 15) is 9.18 Å². The van der Waals surface area contributed by atoms with Crippen molar-refractivity contribution in [1.29, 1.82) is 0 Å². The van der Waals surface area contributed by atoms with Crippen LogP contribution in [0.2, 0.25) is 0 Å². The average Bonchev–Trinajstić information content (AvgIpc) is 2.85. The fourth-order valence-corrected chi connectivity index (χ4v) is 1.22. The first kappa shape index (κ1) is 7.47. The molecule has 0 aliphatic heterocycles. The zero-order chi connectivity index (χ0) is 8.55. The van der Waals surface area contributed by atoms with E-state index in [1.54, 1.807) is 12.1 Å². The molecule has 1 aromatic carbocycles. The van der Waals surface area contributed by atoms with Crippen LogP contribution in [0.1, 0.15) is 23.2 Å². The largest absolute Gasteiger partial charge is 0.294 e. The Bertz CT molecular complexity index is 315. The van der Waals surface area contributed by atoms with Crippen LogP contribution < -0.4 is 0 Å². The molecule has 12 heavy (non-hydrogen) atoms. The summed E-state index contributed by atoms with van der Waals surface area (Å²) in [7, 11) is 0. The molecule has 1 nitrogen and oxygen atoms in total. The fraction of sp³-hybridized carbons (Fsp3) is 0.300. The van der Waals surface area contributed by atoms with Crippen molar-refractivity contribution in [2.75, 3.05) is 0 Å². The van der Waals surface area contributed by atoms with Crippen LogP contribution in [0.5, 0.6) is 0 Å². The van der Waals surface area contributed by atoms with Gasteiger partial charge in [0.2, 0.25) is 0 Å². The Kier molecular flexibility index (Phi) is 1.68. The molecule has 0 N–H and O–H groups in total. The van der Waals surface area contributed by atoms with Crippen molar-refractivity contribution in [2.45, 2.75) is 12.8 Å². The Balaban J connectivity index is 2.26. The van der Waals surface area contributed by atoms with Gasteiger partial charge in [-0.15, -0.1) is 0 Å². The van der Waals surface area contributed by atoms with Gasteiger partial charge in [-0.2, -0.15) is 0 Å². The highest BCUT2D eigenvalue weighted by atomic mass is 19.1. The molecule has 0 atom stereocenters. The highest BCUT2D eigenvalue weighted by molar-refractivity contribution is 5.99. The fourth-order valence-electron chi connectivity index (χ4n) is 1.22. The summed E-state index contributed by atoms with van der Waals surface area (Å²) in [5.74, 6) is -0.0669. The first-order valence-electron chi connectivity index (χ1n) is 4.07. The van der Waals surface area contributed by atoms with Crippen molar-refractivity contribution in [2.24, 2.45) is 5.92 Å². The number of hydrogen-bond acceptors (Lipinski definition) is 1. The second kappa shape index (κ2) is 2.70. The lowest BCUT2D eigenvalue weighted by molar-refractivity contribution is 0.0967. The van der Waals surface area contributed by atoms with Gasteiger partial charge in [0.05, 0.1) is 0 Å². The van der Waals surface area contributed by atoms with E-state index >= 15 is 0 Å². The van der Waals surface area contributed by atoms with Crippen LogP contribution in [-0.4, -0.2) is 5.78 Å². The van der Waals surface area contributed by atoms with Crippen LogP contribution in [0.4, 0.5) is 4.39 Å². The van der Waals surface area contributed by atoms with E-state index in [2.05, 4.69) is 0 Å². The third-order valence-corrected chi connectivity index (χ3v) is 2.06. The normalized spacial score (nSPS) is 16.1. The molecule has 0 saturated heterocycles. The number of carbonyl (C=O) groups excluding carboxylic acids is 1. The van der Waals surface area contributed by atoms with Crippen LogP contribution in [0, 0.1) is 11.7 Å². The predicted molar refractivity (Wildman–Crippen MR) is 43.5 cm³/mol. The monoisotopic (exact) mass is 164 g/mol. The van der Waals surface area contributed by atoms with E-state index in [0.29, 0.717) is 5.56 Å². The molecule has 2 heteroatoms. The summed E-state index contributed by atoms with van der Waals surface area (Å²) in [6.07, 6.45) is 1.94. The summed E-state index contributed by atoms with van der Waals surface area (Å²) in [6, 6.07) is 5.90. The van der Waals surface area contributed by atoms with Gasteiger partial charge in [-0.25, -0.2) is 4.39 Å². The first-order chi connectivity index (χ1) is 5.77. The Hall–Kier alpha value is -1.18. The summed E-state index contributed by atoms with van der Waals surface area (Å²) in [5, 5.41) is 0. The smallest absolute Gasteiger partial charge is 0.166 e. The standard InChI is InChI=1S/C10H9FO/c11-9-3-1-2-8(6-9)10(12)7-4-5-7/h1-3,6-7H,4-5H2. The number of halogens is 1. The highest BCUT2D eigenvalue weighted by Gasteiger charge is 2.30. The van der Waals surface area contributed by atoms with Gasteiger partial charge < -0.3 is 0 Å². The summed E-state index contributed by atoms with van der Waals surface area (Å²) in [6.45, 7) is 0. The second-order valence-corrected chi connectivity index (χ2v) is 3.15. The molecule has 1 aliphatic carbocycles. The number of hydrogen-bond donors (Lipinski definition) is 0. The zero-order valence-corrected chi connectivity index (χ0v) is 6.59. The SMILES string of the molecule is O=C(c1cccc(F)c1)C1CC1. The first-order valence-corrected chi connectivity index (χ1v) is 4.07. The van der Waals surface area contributed by atoms with Crippen molar-refractivity contribution in [1.82, 2.24) is 0 Å². The van der Waals surface area contributed by atoms with Crippen molar-refractivity contribution >= 4 is 5.78 Å². The van der Waals surface area contributed by atoms with E-state index < -0.39 is 0 Å². The minimum atomic E-state index is -0.332. The van der Waals surface area contributed by atoms with Gasteiger partial charge in [0, 0.05) is 11.5 Å². The molecule has 0 unspecified atom stereocenters. The molecule has 0 spiro atoms. The van der Waals surface area contributed by atoms with Gasteiger partial charge in [0.25, 0.3) is 0 Å². The van der Waals surface area contributed by atoms with E-state index in [-0.39, 0.29) is 17.5 Å². The Morgan fingerprint density at radius 2 is 2.17 bits per heavy atom. The number of rotatable bonds is 2. The molecular formula is C10H9FO.